The summed E-state index contributed by atoms with van der Waals surface area (Å²) >= 11 is 1.63. The lowest BCUT2D eigenvalue weighted by Gasteiger charge is -2.11. The van der Waals surface area contributed by atoms with Crippen LogP contribution >= 0.6 is 11.3 Å². The number of nitrogens with two attached hydrogens (primary N) is 1. The van der Waals surface area contributed by atoms with Gasteiger partial charge in [-0.05, 0) is 33.2 Å². The summed E-state index contributed by atoms with van der Waals surface area (Å²) in [7, 11) is 0. The molecule has 0 aliphatic rings. The molecule has 0 aliphatic carbocycles. The lowest BCUT2D eigenvalue weighted by atomic mass is 10.1. The van der Waals surface area contributed by atoms with Crippen LogP contribution in [0.3, 0.4) is 0 Å². The third kappa shape index (κ3) is 5.60. The van der Waals surface area contributed by atoms with E-state index in [1.807, 2.05) is 20.0 Å². The number of thiazole rings is 1. The predicted molar refractivity (Wildman–Crippen MR) is 75.5 cm³/mol. The Kier molecular flexibility index (Phi) is 6.90. The number of amides is 1. The van der Waals surface area contributed by atoms with Crippen LogP contribution in [0.5, 0.6) is 0 Å². The van der Waals surface area contributed by atoms with Crippen molar-refractivity contribution in [3.8, 4) is 0 Å². The monoisotopic (exact) mass is 269 g/mol. The molecule has 1 heterocycles. The van der Waals surface area contributed by atoms with Gasteiger partial charge in [0.15, 0.2) is 0 Å². The lowest BCUT2D eigenvalue weighted by molar-refractivity contribution is -0.121. The molecule has 3 N–H and O–H groups in total. The number of hydrogen-bond donors (Lipinski definition) is 2. The number of aromatic nitrogens is 1. The van der Waals surface area contributed by atoms with Gasteiger partial charge in [0.1, 0.15) is 5.01 Å². The Balaban J connectivity index is 2.19. The Morgan fingerprint density at radius 1 is 1.44 bits per heavy atom. The van der Waals surface area contributed by atoms with E-state index in [0.717, 1.165) is 37.2 Å². The molecule has 4 nitrogen and oxygen atoms in total. The van der Waals surface area contributed by atoms with Crippen molar-refractivity contribution in [1.82, 2.24) is 10.3 Å². The first-order valence-electron chi connectivity index (χ1n) is 6.55. The highest BCUT2D eigenvalue weighted by molar-refractivity contribution is 7.11. The zero-order chi connectivity index (χ0) is 13.4. The zero-order valence-electron chi connectivity index (χ0n) is 11.2. The van der Waals surface area contributed by atoms with E-state index in [4.69, 9.17) is 5.73 Å². The van der Waals surface area contributed by atoms with Crippen molar-refractivity contribution in [2.75, 3.05) is 6.54 Å². The van der Waals surface area contributed by atoms with Gasteiger partial charge in [0.05, 0.1) is 6.04 Å². The van der Waals surface area contributed by atoms with Crippen LogP contribution < -0.4 is 11.1 Å². The smallest absolute Gasteiger partial charge is 0.220 e. The second kappa shape index (κ2) is 8.21. The van der Waals surface area contributed by atoms with E-state index in [9.17, 15) is 4.79 Å². The first-order valence-corrected chi connectivity index (χ1v) is 7.37. The quantitative estimate of drug-likeness (QED) is 0.713. The van der Waals surface area contributed by atoms with Gasteiger partial charge in [0.2, 0.25) is 5.91 Å². The summed E-state index contributed by atoms with van der Waals surface area (Å²) < 4.78 is 0. The molecule has 1 unspecified atom stereocenters. The van der Waals surface area contributed by atoms with Gasteiger partial charge in [0.25, 0.3) is 0 Å². The molecule has 0 bridgehead atoms. The van der Waals surface area contributed by atoms with Crippen molar-refractivity contribution < 1.29 is 4.79 Å². The highest BCUT2D eigenvalue weighted by Gasteiger charge is 2.12. The van der Waals surface area contributed by atoms with Crippen LogP contribution in [0.1, 0.15) is 55.0 Å². The van der Waals surface area contributed by atoms with Crippen LogP contribution in [0.25, 0.3) is 0 Å². The SMILES string of the molecule is Cc1cnc(C(C)NC(=O)CCCCCCN)s1. The number of rotatable bonds is 8. The molecule has 5 heteroatoms. The predicted octanol–water partition coefficient (Wildman–Crippen LogP) is 2.54. The highest BCUT2D eigenvalue weighted by atomic mass is 32.1. The molecule has 0 saturated carbocycles. The number of nitrogens with zero attached hydrogens (tertiary/aromatic N) is 1. The molecule has 102 valence electrons. The first-order chi connectivity index (χ1) is 8.63. The molecule has 0 spiro atoms. The number of unbranched alkanes of at least 4 members (excludes halogenated alkanes) is 3. The maximum Gasteiger partial charge on any atom is 0.220 e. The number of carbonyl (C=O) groups excluding carboxylic acids is 1. The summed E-state index contributed by atoms with van der Waals surface area (Å²) in [5, 5.41) is 3.96. The average molecular weight is 269 g/mol. The van der Waals surface area contributed by atoms with Gasteiger partial charge in [-0.3, -0.25) is 4.79 Å². The summed E-state index contributed by atoms with van der Waals surface area (Å²) in [6.07, 6.45) is 6.63. The summed E-state index contributed by atoms with van der Waals surface area (Å²) in [5.74, 6) is 0.114. The average Bonchev–Trinajstić information content (AvgIpc) is 2.75. The minimum absolute atomic E-state index is 0.0141. The fourth-order valence-electron chi connectivity index (χ4n) is 1.73. The standard InChI is InChI=1S/C13H23N3OS/c1-10-9-15-13(18-10)11(2)16-12(17)7-5-3-4-6-8-14/h9,11H,3-8,14H2,1-2H3,(H,16,17). The molecule has 0 aromatic carbocycles. The fourth-order valence-corrected chi connectivity index (χ4v) is 2.51. The maximum absolute atomic E-state index is 11.7. The number of carbonyl (C=O) groups is 1. The molecule has 0 fully saturated rings. The summed E-state index contributed by atoms with van der Waals surface area (Å²) in [6, 6.07) is 0.0141. The second-order valence-electron chi connectivity index (χ2n) is 4.55. The van der Waals surface area contributed by atoms with Crippen LogP contribution in [0.2, 0.25) is 0 Å². The van der Waals surface area contributed by atoms with E-state index in [1.165, 1.54) is 4.88 Å². The Labute approximate surface area is 113 Å². The van der Waals surface area contributed by atoms with E-state index < -0.39 is 0 Å². The van der Waals surface area contributed by atoms with Crippen molar-refractivity contribution >= 4 is 17.2 Å². The zero-order valence-corrected chi connectivity index (χ0v) is 12.1. The minimum Gasteiger partial charge on any atom is -0.347 e. The third-order valence-electron chi connectivity index (χ3n) is 2.75. The first kappa shape index (κ1) is 15.1. The topological polar surface area (TPSA) is 68.0 Å². The van der Waals surface area contributed by atoms with Crippen LogP contribution in [-0.2, 0) is 4.79 Å². The molecule has 1 rings (SSSR count). The van der Waals surface area contributed by atoms with Gasteiger partial charge < -0.3 is 11.1 Å². The number of aryl methyl sites for hydroxylation is 1. The molecule has 1 aromatic heterocycles. The Hall–Kier alpha value is -0.940. The fraction of sp³-hybridized carbons (Fsp3) is 0.692. The normalized spacial score (nSPS) is 12.4. The lowest BCUT2D eigenvalue weighted by Crippen LogP contribution is -2.26. The highest BCUT2D eigenvalue weighted by Crippen LogP contribution is 2.19. The van der Waals surface area contributed by atoms with Gasteiger partial charge in [-0.15, -0.1) is 11.3 Å². The van der Waals surface area contributed by atoms with Crippen molar-refractivity contribution in [3.05, 3.63) is 16.1 Å². The van der Waals surface area contributed by atoms with E-state index in [0.29, 0.717) is 6.42 Å². The Morgan fingerprint density at radius 2 is 2.17 bits per heavy atom. The number of hydrogen-bond acceptors (Lipinski definition) is 4. The van der Waals surface area contributed by atoms with Crippen LogP contribution in [0.4, 0.5) is 0 Å². The van der Waals surface area contributed by atoms with Gasteiger partial charge in [-0.2, -0.15) is 0 Å². The largest absolute Gasteiger partial charge is 0.347 e. The molecule has 1 amide bonds. The van der Waals surface area contributed by atoms with Gasteiger partial charge >= 0.3 is 0 Å². The Morgan fingerprint density at radius 3 is 2.78 bits per heavy atom. The van der Waals surface area contributed by atoms with E-state index in [2.05, 4.69) is 10.3 Å². The molecule has 0 radical (unpaired) electrons. The van der Waals surface area contributed by atoms with Gasteiger partial charge in [-0.1, -0.05) is 12.8 Å². The molecule has 18 heavy (non-hydrogen) atoms. The summed E-state index contributed by atoms with van der Waals surface area (Å²) in [5.41, 5.74) is 5.42. The maximum atomic E-state index is 11.7. The van der Waals surface area contributed by atoms with Crippen molar-refractivity contribution in [3.63, 3.8) is 0 Å². The van der Waals surface area contributed by atoms with Crippen molar-refractivity contribution in [2.24, 2.45) is 5.73 Å². The molecular weight excluding hydrogens is 246 g/mol. The second-order valence-corrected chi connectivity index (χ2v) is 5.82. The molecule has 0 aliphatic heterocycles. The van der Waals surface area contributed by atoms with Crippen LogP contribution in [0, 0.1) is 6.92 Å². The van der Waals surface area contributed by atoms with E-state index in [-0.39, 0.29) is 11.9 Å². The van der Waals surface area contributed by atoms with Crippen LogP contribution in [-0.4, -0.2) is 17.4 Å². The van der Waals surface area contributed by atoms with Crippen molar-refractivity contribution in [2.45, 2.75) is 52.0 Å². The Bertz CT molecular complexity index is 365. The minimum atomic E-state index is 0.0141. The third-order valence-corrected chi connectivity index (χ3v) is 3.84. The van der Waals surface area contributed by atoms with Gasteiger partial charge in [-0.25, -0.2) is 4.98 Å². The summed E-state index contributed by atoms with van der Waals surface area (Å²) in [4.78, 5) is 17.2. The van der Waals surface area contributed by atoms with E-state index >= 15 is 0 Å². The molecular formula is C13H23N3OS. The molecule has 1 atom stereocenters. The van der Waals surface area contributed by atoms with Crippen molar-refractivity contribution in [1.29, 1.82) is 0 Å². The summed E-state index contributed by atoms with van der Waals surface area (Å²) in [6.45, 7) is 4.74. The van der Waals surface area contributed by atoms with Gasteiger partial charge in [0, 0.05) is 17.5 Å². The molecule has 1 aromatic rings. The van der Waals surface area contributed by atoms with E-state index in [1.54, 1.807) is 11.3 Å². The van der Waals surface area contributed by atoms with Crippen LogP contribution in [0.15, 0.2) is 6.20 Å². The molecule has 0 saturated heterocycles. The number of nitrogens with one attached hydrogen (secondary N) is 1.